The average Bonchev–Trinajstić information content (AvgIpc) is 2.47. The van der Waals surface area contributed by atoms with Crippen LogP contribution in [0, 0.1) is 5.41 Å². The number of carbonyl (C=O) groups excluding carboxylic acids is 3. The number of Topliss-reactive ketones (excluding diaryl/α,β-unsaturated/α-hetero) is 1. The third-order valence-corrected chi connectivity index (χ3v) is 2.36. The molecule has 1 atom stereocenters. The van der Waals surface area contributed by atoms with Crippen LogP contribution >= 0.6 is 0 Å². The maximum atomic E-state index is 11.5. The Balaban J connectivity index is 2.34. The molecule has 0 spiro atoms. The zero-order chi connectivity index (χ0) is 13.1. The highest BCUT2D eigenvalue weighted by molar-refractivity contribution is 5.99. The van der Waals surface area contributed by atoms with E-state index in [4.69, 9.17) is 4.74 Å². The summed E-state index contributed by atoms with van der Waals surface area (Å²) in [5.41, 5.74) is -0.121. The number of nitrogens with one attached hydrogen (secondary N) is 1. The smallest absolute Gasteiger partial charge is 0.328 e. The van der Waals surface area contributed by atoms with Crippen molar-refractivity contribution in [2.75, 3.05) is 6.61 Å². The number of ketones is 1. The van der Waals surface area contributed by atoms with Crippen LogP contribution in [0.5, 0.6) is 0 Å². The van der Waals surface area contributed by atoms with E-state index >= 15 is 0 Å². The molecule has 96 valence electrons. The van der Waals surface area contributed by atoms with Crippen molar-refractivity contribution in [1.29, 1.82) is 0 Å². The number of amides is 1. The average molecular weight is 241 g/mol. The van der Waals surface area contributed by atoms with Crippen LogP contribution in [-0.4, -0.2) is 30.3 Å². The normalized spacial score (nSPS) is 19.9. The highest BCUT2D eigenvalue weighted by Gasteiger charge is 2.28. The third-order valence-electron chi connectivity index (χ3n) is 2.36. The van der Waals surface area contributed by atoms with Gasteiger partial charge in [-0.2, -0.15) is 0 Å². The second-order valence-electron chi connectivity index (χ2n) is 5.53. The van der Waals surface area contributed by atoms with E-state index in [9.17, 15) is 14.4 Å². The maximum absolute atomic E-state index is 11.5. The van der Waals surface area contributed by atoms with E-state index in [0.29, 0.717) is 19.4 Å². The molecule has 1 aliphatic heterocycles. The fourth-order valence-corrected chi connectivity index (χ4v) is 1.71. The number of rotatable bonds is 4. The van der Waals surface area contributed by atoms with E-state index in [2.05, 4.69) is 5.32 Å². The van der Waals surface area contributed by atoms with Crippen LogP contribution in [0.4, 0.5) is 0 Å². The first-order valence-electron chi connectivity index (χ1n) is 5.75. The van der Waals surface area contributed by atoms with Gasteiger partial charge in [0.15, 0.2) is 0 Å². The minimum atomic E-state index is -0.579. The van der Waals surface area contributed by atoms with Crippen LogP contribution in [0.1, 0.15) is 40.0 Å². The van der Waals surface area contributed by atoms with E-state index in [-0.39, 0.29) is 17.6 Å². The van der Waals surface area contributed by atoms with Crippen LogP contribution < -0.4 is 5.32 Å². The van der Waals surface area contributed by atoms with E-state index in [1.165, 1.54) is 0 Å². The van der Waals surface area contributed by atoms with Gasteiger partial charge in [-0.05, 0) is 5.41 Å². The summed E-state index contributed by atoms with van der Waals surface area (Å²) in [6.45, 7) is 6.16. The number of cyclic esters (lactones) is 1. The summed E-state index contributed by atoms with van der Waals surface area (Å²) in [7, 11) is 0. The summed E-state index contributed by atoms with van der Waals surface area (Å²) in [5.74, 6) is -0.925. The van der Waals surface area contributed by atoms with E-state index < -0.39 is 17.9 Å². The minimum Gasteiger partial charge on any atom is -0.464 e. The Kier molecular flexibility index (Phi) is 4.26. The summed E-state index contributed by atoms with van der Waals surface area (Å²) in [6, 6.07) is -0.579. The molecule has 5 nitrogen and oxygen atoms in total. The monoisotopic (exact) mass is 241 g/mol. The Morgan fingerprint density at radius 3 is 2.53 bits per heavy atom. The first kappa shape index (κ1) is 13.7. The van der Waals surface area contributed by atoms with Gasteiger partial charge in [0, 0.05) is 12.8 Å². The molecule has 0 bridgehead atoms. The van der Waals surface area contributed by atoms with Crippen LogP contribution in [0.25, 0.3) is 0 Å². The van der Waals surface area contributed by atoms with Gasteiger partial charge in [-0.15, -0.1) is 0 Å². The van der Waals surface area contributed by atoms with Crippen LogP contribution in [0.15, 0.2) is 0 Å². The van der Waals surface area contributed by atoms with Gasteiger partial charge < -0.3 is 10.1 Å². The zero-order valence-corrected chi connectivity index (χ0v) is 10.5. The molecule has 1 saturated heterocycles. The van der Waals surface area contributed by atoms with Gasteiger partial charge in [0.05, 0.1) is 13.0 Å². The van der Waals surface area contributed by atoms with Crippen LogP contribution in [0.2, 0.25) is 0 Å². The molecule has 5 heteroatoms. The van der Waals surface area contributed by atoms with Gasteiger partial charge in [-0.1, -0.05) is 20.8 Å². The molecule has 1 N–H and O–H groups in total. The first-order valence-corrected chi connectivity index (χ1v) is 5.75. The van der Waals surface area contributed by atoms with E-state index in [0.717, 1.165) is 0 Å². The second-order valence-corrected chi connectivity index (χ2v) is 5.53. The number of ether oxygens (including phenoxy) is 1. The minimum absolute atomic E-state index is 0.110. The maximum Gasteiger partial charge on any atom is 0.328 e. The van der Waals surface area contributed by atoms with Crippen molar-refractivity contribution < 1.29 is 19.1 Å². The van der Waals surface area contributed by atoms with Crippen LogP contribution in [-0.2, 0) is 19.1 Å². The molecule has 0 unspecified atom stereocenters. The molecule has 1 amide bonds. The Labute approximate surface area is 101 Å². The van der Waals surface area contributed by atoms with Crippen molar-refractivity contribution in [3.63, 3.8) is 0 Å². The first-order chi connectivity index (χ1) is 7.78. The fourth-order valence-electron chi connectivity index (χ4n) is 1.71. The molecule has 0 aromatic carbocycles. The summed E-state index contributed by atoms with van der Waals surface area (Å²) in [4.78, 5) is 34.2. The number of hydrogen-bond acceptors (Lipinski definition) is 4. The zero-order valence-electron chi connectivity index (χ0n) is 10.5. The molecule has 0 aromatic heterocycles. The number of hydrogen-bond donors (Lipinski definition) is 1. The molecule has 1 aliphatic rings. The third kappa shape index (κ3) is 4.97. The summed E-state index contributed by atoms with van der Waals surface area (Å²) in [5, 5.41) is 2.51. The van der Waals surface area contributed by atoms with Crippen molar-refractivity contribution >= 4 is 17.7 Å². The Hall–Kier alpha value is -1.39. The highest BCUT2D eigenvalue weighted by Crippen LogP contribution is 2.19. The molecule has 1 rings (SSSR count). The highest BCUT2D eigenvalue weighted by atomic mass is 16.5. The second kappa shape index (κ2) is 5.29. The lowest BCUT2D eigenvalue weighted by Gasteiger charge is -2.16. The molecule has 0 saturated carbocycles. The Bertz CT molecular complexity index is 330. The molecule has 0 aliphatic carbocycles. The molecule has 1 fully saturated rings. The van der Waals surface area contributed by atoms with E-state index in [1.54, 1.807) is 0 Å². The molecular formula is C12H19NO4. The topological polar surface area (TPSA) is 72.5 Å². The van der Waals surface area contributed by atoms with Crippen molar-refractivity contribution in [3.8, 4) is 0 Å². The Morgan fingerprint density at radius 2 is 2.06 bits per heavy atom. The fraction of sp³-hybridized carbons (Fsp3) is 0.750. The van der Waals surface area contributed by atoms with Crippen molar-refractivity contribution in [1.82, 2.24) is 5.32 Å². The van der Waals surface area contributed by atoms with Crippen molar-refractivity contribution in [2.24, 2.45) is 5.41 Å². The lowest BCUT2D eigenvalue weighted by Crippen LogP contribution is -2.39. The number of carbonyl (C=O) groups is 3. The number of esters is 1. The predicted octanol–water partition coefficient (Wildman–Crippen LogP) is 0.813. The van der Waals surface area contributed by atoms with Gasteiger partial charge in [-0.25, -0.2) is 4.79 Å². The molecule has 0 aromatic rings. The van der Waals surface area contributed by atoms with Gasteiger partial charge >= 0.3 is 5.97 Å². The van der Waals surface area contributed by atoms with Gasteiger partial charge in [0.2, 0.25) is 5.91 Å². The summed E-state index contributed by atoms with van der Waals surface area (Å²) in [6.07, 6.45) is 0.675. The van der Waals surface area contributed by atoms with E-state index in [1.807, 2.05) is 20.8 Å². The molecule has 17 heavy (non-hydrogen) atoms. The SMILES string of the molecule is CC(C)(C)CC(=O)CC(=O)N[C@@H]1CCOC1=O. The molecule has 0 radical (unpaired) electrons. The van der Waals surface area contributed by atoms with Gasteiger partial charge in [0.25, 0.3) is 0 Å². The molecular weight excluding hydrogens is 222 g/mol. The quantitative estimate of drug-likeness (QED) is 0.584. The standard InChI is InChI=1S/C12H19NO4/c1-12(2,3)7-8(14)6-10(15)13-9-4-5-17-11(9)16/h9H,4-7H2,1-3H3,(H,13,15)/t9-/m1/s1. The van der Waals surface area contributed by atoms with Crippen molar-refractivity contribution in [2.45, 2.75) is 46.1 Å². The molecule has 1 heterocycles. The lowest BCUT2D eigenvalue weighted by atomic mass is 9.89. The Morgan fingerprint density at radius 1 is 1.41 bits per heavy atom. The summed E-state index contributed by atoms with van der Waals surface area (Å²) < 4.78 is 4.71. The van der Waals surface area contributed by atoms with Crippen LogP contribution in [0.3, 0.4) is 0 Å². The predicted molar refractivity (Wildman–Crippen MR) is 61.2 cm³/mol. The van der Waals surface area contributed by atoms with Crippen molar-refractivity contribution in [3.05, 3.63) is 0 Å². The van der Waals surface area contributed by atoms with Gasteiger partial charge in [0.1, 0.15) is 11.8 Å². The lowest BCUT2D eigenvalue weighted by molar-refractivity contribution is -0.142. The van der Waals surface area contributed by atoms with Gasteiger partial charge in [-0.3, -0.25) is 9.59 Å². The summed E-state index contributed by atoms with van der Waals surface area (Å²) >= 11 is 0. The largest absolute Gasteiger partial charge is 0.464 e.